The molecular formula is C9H17NO4. The number of carbonyl (C=O) groups excluding carboxylic acids is 1. The Morgan fingerprint density at radius 3 is 2.43 bits per heavy atom. The molecule has 0 aromatic carbocycles. The standard InChI is InChI=1S/C7H11NO4.C2H6/c1-5(9)8-2-3-12-6(4-8)7(10)11;1-2/h6H,2-4H2,1H3,(H,10,11);1-2H3. The van der Waals surface area contributed by atoms with E-state index < -0.39 is 12.1 Å². The van der Waals surface area contributed by atoms with Gasteiger partial charge in [-0.25, -0.2) is 4.79 Å². The van der Waals surface area contributed by atoms with Crippen LogP contribution in [0.5, 0.6) is 0 Å². The van der Waals surface area contributed by atoms with Crippen LogP contribution in [-0.4, -0.2) is 47.7 Å². The largest absolute Gasteiger partial charge is 0.479 e. The molecule has 1 amide bonds. The van der Waals surface area contributed by atoms with E-state index in [1.165, 1.54) is 11.8 Å². The van der Waals surface area contributed by atoms with E-state index in [1.807, 2.05) is 13.8 Å². The van der Waals surface area contributed by atoms with Crippen LogP contribution < -0.4 is 0 Å². The number of carbonyl (C=O) groups is 2. The molecule has 0 spiro atoms. The zero-order chi connectivity index (χ0) is 11.1. The van der Waals surface area contributed by atoms with E-state index in [0.717, 1.165) is 0 Å². The second-order valence-electron chi connectivity index (χ2n) is 2.66. The lowest BCUT2D eigenvalue weighted by Gasteiger charge is -2.29. The van der Waals surface area contributed by atoms with Gasteiger partial charge in [0.15, 0.2) is 6.10 Å². The zero-order valence-corrected chi connectivity index (χ0v) is 8.82. The zero-order valence-electron chi connectivity index (χ0n) is 8.82. The first-order chi connectivity index (χ1) is 6.61. The summed E-state index contributed by atoms with van der Waals surface area (Å²) >= 11 is 0. The SMILES string of the molecule is CC.CC(=O)N1CCOC(C(=O)O)C1. The number of aliphatic carboxylic acids is 1. The lowest BCUT2D eigenvalue weighted by atomic mass is 10.3. The second kappa shape index (κ2) is 6.37. The molecule has 5 nitrogen and oxygen atoms in total. The maximum absolute atomic E-state index is 10.8. The van der Waals surface area contributed by atoms with Gasteiger partial charge in [0.1, 0.15) is 0 Å². The van der Waals surface area contributed by atoms with Gasteiger partial charge < -0.3 is 14.7 Å². The molecule has 82 valence electrons. The minimum absolute atomic E-state index is 0.107. The molecule has 0 aliphatic carbocycles. The van der Waals surface area contributed by atoms with Crippen LogP contribution in [0, 0.1) is 0 Å². The summed E-state index contributed by atoms with van der Waals surface area (Å²) in [7, 11) is 0. The van der Waals surface area contributed by atoms with Crippen molar-refractivity contribution >= 4 is 11.9 Å². The van der Waals surface area contributed by atoms with Crippen molar-refractivity contribution < 1.29 is 19.4 Å². The van der Waals surface area contributed by atoms with Crippen molar-refractivity contribution in [3.63, 3.8) is 0 Å². The molecule has 0 bridgehead atoms. The molecule has 1 rings (SSSR count). The third-order valence-corrected chi connectivity index (χ3v) is 1.79. The molecule has 1 unspecified atom stereocenters. The molecule has 0 aromatic heterocycles. The average Bonchev–Trinajstić information content (AvgIpc) is 2.21. The lowest BCUT2D eigenvalue weighted by molar-refractivity contribution is -0.158. The van der Waals surface area contributed by atoms with Gasteiger partial charge in [-0.05, 0) is 0 Å². The van der Waals surface area contributed by atoms with Crippen LogP contribution in [0.2, 0.25) is 0 Å². The Morgan fingerprint density at radius 1 is 1.43 bits per heavy atom. The highest BCUT2D eigenvalue weighted by Crippen LogP contribution is 2.04. The average molecular weight is 203 g/mol. The molecule has 1 aliphatic rings. The minimum Gasteiger partial charge on any atom is -0.479 e. The molecule has 1 aliphatic heterocycles. The van der Waals surface area contributed by atoms with E-state index in [1.54, 1.807) is 0 Å². The predicted octanol–water partition coefficient (Wildman–Crippen LogP) is 0.344. The van der Waals surface area contributed by atoms with Crippen molar-refractivity contribution in [2.75, 3.05) is 19.7 Å². The van der Waals surface area contributed by atoms with Crippen molar-refractivity contribution in [1.29, 1.82) is 0 Å². The summed E-state index contributed by atoms with van der Waals surface area (Å²) in [6.07, 6.45) is -0.859. The maximum Gasteiger partial charge on any atom is 0.334 e. The van der Waals surface area contributed by atoms with Crippen molar-refractivity contribution in [3.8, 4) is 0 Å². The summed E-state index contributed by atoms with van der Waals surface area (Å²) in [6, 6.07) is 0. The third kappa shape index (κ3) is 3.74. The lowest BCUT2D eigenvalue weighted by Crippen LogP contribution is -2.47. The van der Waals surface area contributed by atoms with Gasteiger partial charge in [-0.15, -0.1) is 0 Å². The van der Waals surface area contributed by atoms with Crippen LogP contribution in [0.25, 0.3) is 0 Å². The van der Waals surface area contributed by atoms with Crippen molar-refractivity contribution in [2.45, 2.75) is 26.9 Å². The highest BCUT2D eigenvalue weighted by atomic mass is 16.5. The van der Waals surface area contributed by atoms with Gasteiger partial charge in [0.05, 0.1) is 13.2 Å². The summed E-state index contributed by atoms with van der Waals surface area (Å²) in [4.78, 5) is 22.8. The number of carboxylic acid groups (broad SMARTS) is 1. The van der Waals surface area contributed by atoms with Crippen molar-refractivity contribution in [2.24, 2.45) is 0 Å². The van der Waals surface area contributed by atoms with Gasteiger partial charge in [0.2, 0.25) is 5.91 Å². The molecule has 1 N–H and O–H groups in total. The molecule has 14 heavy (non-hydrogen) atoms. The van der Waals surface area contributed by atoms with E-state index in [-0.39, 0.29) is 12.5 Å². The highest BCUT2D eigenvalue weighted by molar-refractivity contribution is 5.76. The fourth-order valence-electron chi connectivity index (χ4n) is 1.08. The smallest absolute Gasteiger partial charge is 0.334 e. The van der Waals surface area contributed by atoms with Gasteiger partial charge in [0.25, 0.3) is 0 Å². The van der Waals surface area contributed by atoms with E-state index in [9.17, 15) is 9.59 Å². The van der Waals surface area contributed by atoms with Gasteiger partial charge in [0, 0.05) is 13.5 Å². The van der Waals surface area contributed by atoms with E-state index >= 15 is 0 Å². The summed E-state index contributed by atoms with van der Waals surface area (Å²) in [6.45, 7) is 6.37. The normalized spacial score (nSPS) is 20.8. The summed E-state index contributed by atoms with van der Waals surface area (Å²) < 4.78 is 4.93. The van der Waals surface area contributed by atoms with Crippen LogP contribution in [0.3, 0.4) is 0 Å². The fraction of sp³-hybridized carbons (Fsp3) is 0.778. The summed E-state index contributed by atoms with van der Waals surface area (Å²) in [5, 5.41) is 8.57. The number of hydrogen-bond donors (Lipinski definition) is 1. The van der Waals surface area contributed by atoms with Crippen LogP contribution in [0.1, 0.15) is 20.8 Å². The van der Waals surface area contributed by atoms with Crippen molar-refractivity contribution in [1.82, 2.24) is 4.90 Å². The van der Waals surface area contributed by atoms with E-state index in [0.29, 0.717) is 13.2 Å². The molecule has 5 heteroatoms. The Labute approximate surface area is 83.6 Å². The highest BCUT2D eigenvalue weighted by Gasteiger charge is 2.27. The van der Waals surface area contributed by atoms with Gasteiger partial charge >= 0.3 is 5.97 Å². The maximum atomic E-state index is 10.8. The molecule has 0 saturated carbocycles. The van der Waals surface area contributed by atoms with Crippen LogP contribution in [0.15, 0.2) is 0 Å². The van der Waals surface area contributed by atoms with E-state index in [4.69, 9.17) is 9.84 Å². The Kier molecular flexibility index (Phi) is 5.87. The third-order valence-electron chi connectivity index (χ3n) is 1.79. The molecule has 1 atom stereocenters. The van der Waals surface area contributed by atoms with Crippen LogP contribution >= 0.6 is 0 Å². The predicted molar refractivity (Wildman–Crippen MR) is 51.0 cm³/mol. The first-order valence-corrected chi connectivity index (χ1v) is 4.71. The number of carboxylic acids is 1. The van der Waals surface area contributed by atoms with Crippen LogP contribution in [0.4, 0.5) is 0 Å². The number of ether oxygens (including phenoxy) is 1. The molecule has 1 fully saturated rings. The van der Waals surface area contributed by atoms with E-state index in [2.05, 4.69) is 0 Å². The Balaban J connectivity index is 0.000000791. The molecule has 0 aromatic rings. The van der Waals surface area contributed by atoms with Crippen molar-refractivity contribution in [3.05, 3.63) is 0 Å². The van der Waals surface area contributed by atoms with Crippen LogP contribution in [-0.2, 0) is 14.3 Å². The second-order valence-corrected chi connectivity index (χ2v) is 2.66. The van der Waals surface area contributed by atoms with Gasteiger partial charge in [-0.3, -0.25) is 4.79 Å². The molecule has 0 radical (unpaired) electrons. The number of rotatable bonds is 1. The molecular weight excluding hydrogens is 186 g/mol. The first kappa shape index (κ1) is 12.9. The van der Waals surface area contributed by atoms with Gasteiger partial charge in [-0.1, -0.05) is 13.8 Å². The quantitative estimate of drug-likeness (QED) is 0.667. The Hall–Kier alpha value is -1.10. The Bertz CT molecular complexity index is 185. The summed E-state index contributed by atoms with van der Waals surface area (Å²) in [5.41, 5.74) is 0. The minimum atomic E-state index is -1.01. The topological polar surface area (TPSA) is 66.8 Å². The number of hydrogen-bond acceptors (Lipinski definition) is 3. The molecule has 1 heterocycles. The summed E-state index contributed by atoms with van der Waals surface area (Å²) in [5.74, 6) is -1.12. The number of morpholine rings is 1. The van der Waals surface area contributed by atoms with Gasteiger partial charge in [-0.2, -0.15) is 0 Å². The monoisotopic (exact) mass is 203 g/mol. The number of nitrogens with zero attached hydrogens (tertiary/aromatic N) is 1. The molecule has 1 saturated heterocycles. The number of amides is 1. The Morgan fingerprint density at radius 2 is 2.00 bits per heavy atom. The fourth-order valence-corrected chi connectivity index (χ4v) is 1.08. The first-order valence-electron chi connectivity index (χ1n) is 4.71.